The van der Waals surface area contributed by atoms with E-state index in [9.17, 15) is 17.6 Å². The van der Waals surface area contributed by atoms with Crippen molar-refractivity contribution in [1.29, 1.82) is 0 Å². The maximum absolute atomic E-state index is 13.0. The van der Waals surface area contributed by atoms with Crippen LogP contribution in [-0.2, 0) is 21.4 Å². The van der Waals surface area contributed by atoms with Gasteiger partial charge in [-0.05, 0) is 48.7 Å². The third kappa shape index (κ3) is 5.93. The Morgan fingerprint density at radius 3 is 2.38 bits per heavy atom. The van der Waals surface area contributed by atoms with Crippen LogP contribution in [0, 0.1) is 19.7 Å². The molecule has 0 bridgehead atoms. The van der Waals surface area contributed by atoms with E-state index in [1.807, 2.05) is 32.0 Å². The van der Waals surface area contributed by atoms with E-state index in [0.29, 0.717) is 5.56 Å². The Morgan fingerprint density at radius 2 is 1.77 bits per heavy atom. The number of amides is 1. The normalized spacial score (nSPS) is 11.6. The molecular weight excluding hydrogens is 355 g/mol. The Labute approximate surface area is 153 Å². The smallest absolute Gasteiger partial charge is 0.225 e. The zero-order valence-electron chi connectivity index (χ0n) is 15.1. The highest BCUT2D eigenvalue weighted by Gasteiger charge is 2.18. The lowest BCUT2D eigenvalue weighted by Crippen LogP contribution is -2.32. The minimum absolute atomic E-state index is 0.0294. The number of nitrogens with one attached hydrogen (secondary N) is 1. The zero-order valence-corrected chi connectivity index (χ0v) is 15.9. The van der Waals surface area contributed by atoms with Crippen molar-refractivity contribution in [3.8, 4) is 0 Å². The molecule has 2 aromatic carbocycles. The van der Waals surface area contributed by atoms with E-state index >= 15 is 0 Å². The summed E-state index contributed by atoms with van der Waals surface area (Å²) in [5, 5.41) is 2.82. The largest absolute Gasteiger partial charge is 0.326 e. The van der Waals surface area contributed by atoms with Gasteiger partial charge in [0.15, 0.2) is 0 Å². The predicted molar refractivity (Wildman–Crippen MR) is 101 cm³/mol. The van der Waals surface area contributed by atoms with Crippen molar-refractivity contribution < 1.29 is 17.6 Å². The molecule has 0 heterocycles. The number of carbonyl (C=O) groups is 1. The fourth-order valence-corrected chi connectivity index (χ4v) is 3.27. The van der Waals surface area contributed by atoms with Crippen molar-refractivity contribution in [1.82, 2.24) is 4.31 Å². The third-order valence-corrected chi connectivity index (χ3v) is 5.25. The van der Waals surface area contributed by atoms with Crippen LogP contribution < -0.4 is 5.32 Å². The van der Waals surface area contributed by atoms with Crippen molar-refractivity contribution in [2.45, 2.75) is 26.8 Å². The van der Waals surface area contributed by atoms with E-state index in [2.05, 4.69) is 5.32 Å². The topological polar surface area (TPSA) is 66.5 Å². The first-order valence-electron chi connectivity index (χ1n) is 8.22. The van der Waals surface area contributed by atoms with E-state index < -0.39 is 10.0 Å². The minimum atomic E-state index is -3.50. The first-order chi connectivity index (χ1) is 12.1. The Hall–Kier alpha value is -2.25. The van der Waals surface area contributed by atoms with Gasteiger partial charge in [-0.2, -0.15) is 4.31 Å². The van der Waals surface area contributed by atoms with Crippen LogP contribution in [0.25, 0.3) is 0 Å². The summed E-state index contributed by atoms with van der Waals surface area (Å²) in [6.45, 7) is 3.97. The second-order valence-corrected chi connectivity index (χ2v) is 8.32. The van der Waals surface area contributed by atoms with Crippen molar-refractivity contribution in [3.63, 3.8) is 0 Å². The molecule has 0 spiro atoms. The van der Waals surface area contributed by atoms with Crippen molar-refractivity contribution in [2.75, 3.05) is 18.1 Å². The third-order valence-electron chi connectivity index (χ3n) is 4.00. The molecule has 7 heteroatoms. The number of aryl methyl sites for hydroxylation is 2. The first-order valence-corrected chi connectivity index (χ1v) is 10.1. The quantitative estimate of drug-likeness (QED) is 0.804. The van der Waals surface area contributed by atoms with E-state index in [1.54, 1.807) is 0 Å². The second kappa shape index (κ2) is 8.42. The summed E-state index contributed by atoms with van der Waals surface area (Å²) in [4.78, 5) is 12.2. The molecule has 0 atom stereocenters. The first kappa shape index (κ1) is 20.1. The second-order valence-electron chi connectivity index (χ2n) is 6.34. The van der Waals surface area contributed by atoms with Crippen LogP contribution in [0.2, 0.25) is 0 Å². The van der Waals surface area contributed by atoms with Crippen LogP contribution in [0.3, 0.4) is 0 Å². The maximum atomic E-state index is 13.0. The zero-order chi connectivity index (χ0) is 19.3. The molecular formula is C19H23FN2O3S. The molecule has 140 valence electrons. The van der Waals surface area contributed by atoms with Crippen LogP contribution in [0.1, 0.15) is 23.1 Å². The Bertz CT molecular complexity index is 880. The lowest BCUT2D eigenvalue weighted by atomic mass is 10.1. The van der Waals surface area contributed by atoms with E-state index in [1.165, 1.54) is 28.6 Å². The van der Waals surface area contributed by atoms with Gasteiger partial charge in [-0.15, -0.1) is 0 Å². The highest BCUT2D eigenvalue weighted by atomic mass is 32.2. The Kier molecular flexibility index (Phi) is 6.50. The van der Waals surface area contributed by atoms with Crippen molar-refractivity contribution >= 4 is 21.6 Å². The summed E-state index contributed by atoms with van der Waals surface area (Å²) in [7, 11) is -3.50. The number of benzene rings is 2. The lowest BCUT2D eigenvalue weighted by Gasteiger charge is -2.20. The predicted octanol–water partition coefficient (Wildman–Crippen LogP) is 3.23. The SMILES string of the molecule is Cc1ccc(C)c(NC(=O)CCN(Cc2ccc(F)cc2)S(C)(=O)=O)c1. The van der Waals surface area contributed by atoms with Gasteiger partial charge in [0.1, 0.15) is 5.82 Å². The fraction of sp³-hybridized carbons (Fsp3) is 0.316. The maximum Gasteiger partial charge on any atom is 0.225 e. The molecule has 0 aliphatic heterocycles. The molecule has 0 fully saturated rings. The molecule has 5 nitrogen and oxygen atoms in total. The number of carbonyl (C=O) groups excluding carboxylic acids is 1. The molecule has 2 aromatic rings. The highest BCUT2D eigenvalue weighted by molar-refractivity contribution is 7.88. The summed E-state index contributed by atoms with van der Waals surface area (Å²) in [6, 6.07) is 11.4. The van der Waals surface area contributed by atoms with Gasteiger partial charge < -0.3 is 5.32 Å². The number of rotatable bonds is 7. The molecule has 0 saturated carbocycles. The monoisotopic (exact) mass is 378 g/mol. The summed E-state index contributed by atoms with van der Waals surface area (Å²) in [5.74, 6) is -0.640. The fourth-order valence-electron chi connectivity index (χ4n) is 2.47. The highest BCUT2D eigenvalue weighted by Crippen LogP contribution is 2.17. The number of hydrogen-bond donors (Lipinski definition) is 1. The number of halogens is 1. The van der Waals surface area contributed by atoms with Gasteiger partial charge in [-0.1, -0.05) is 24.3 Å². The molecule has 2 rings (SSSR count). The molecule has 0 aromatic heterocycles. The van der Waals surface area contributed by atoms with E-state index in [-0.39, 0.29) is 31.2 Å². The average Bonchev–Trinajstić information content (AvgIpc) is 2.55. The van der Waals surface area contributed by atoms with Gasteiger partial charge in [-0.3, -0.25) is 4.79 Å². The van der Waals surface area contributed by atoms with Crippen LogP contribution in [0.5, 0.6) is 0 Å². The number of sulfonamides is 1. The Balaban J connectivity index is 2.01. The van der Waals surface area contributed by atoms with Crippen molar-refractivity contribution in [3.05, 3.63) is 65.0 Å². The molecule has 0 aliphatic carbocycles. The standard InChI is InChI=1S/C19H23FN2O3S/c1-14-4-5-15(2)18(12-14)21-19(23)10-11-22(26(3,24)25)13-16-6-8-17(20)9-7-16/h4-9,12H,10-11,13H2,1-3H3,(H,21,23). The molecule has 1 N–H and O–H groups in total. The van der Waals surface area contributed by atoms with Crippen LogP contribution in [0.15, 0.2) is 42.5 Å². The van der Waals surface area contributed by atoms with Crippen LogP contribution in [0.4, 0.5) is 10.1 Å². The molecule has 1 amide bonds. The Morgan fingerprint density at radius 1 is 1.12 bits per heavy atom. The summed E-state index contributed by atoms with van der Waals surface area (Å²) >= 11 is 0. The van der Waals surface area contributed by atoms with Crippen molar-refractivity contribution in [2.24, 2.45) is 0 Å². The van der Waals surface area contributed by atoms with Gasteiger partial charge in [0.2, 0.25) is 15.9 Å². The summed E-state index contributed by atoms with van der Waals surface area (Å²) in [5.41, 5.74) is 3.35. The van der Waals surface area contributed by atoms with Crippen LogP contribution in [-0.4, -0.2) is 31.4 Å². The van der Waals surface area contributed by atoms with Gasteiger partial charge in [0.25, 0.3) is 0 Å². The van der Waals surface area contributed by atoms with Gasteiger partial charge in [-0.25, -0.2) is 12.8 Å². The molecule has 26 heavy (non-hydrogen) atoms. The molecule has 0 saturated heterocycles. The van der Waals surface area contributed by atoms with Gasteiger partial charge in [0, 0.05) is 25.2 Å². The number of hydrogen-bond acceptors (Lipinski definition) is 3. The summed E-state index contributed by atoms with van der Waals surface area (Å²) < 4.78 is 38.2. The summed E-state index contributed by atoms with van der Waals surface area (Å²) in [6.07, 6.45) is 1.13. The average molecular weight is 378 g/mol. The van der Waals surface area contributed by atoms with Crippen LogP contribution >= 0.6 is 0 Å². The van der Waals surface area contributed by atoms with E-state index in [4.69, 9.17) is 0 Å². The van der Waals surface area contributed by atoms with Gasteiger partial charge >= 0.3 is 0 Å². The van der Waals surface area contributed by atoms with E-state index in [0.717, 1.165) is 23.1 Å². The molecule has 0 aliphatic rings. The minimum Gasteiger partial charge on any atom is -0.326 e. The lowest BCUT2D eigenvalue weighted by molar-refractivity contribution is -0.116. The van der Waals surface area contributed by atoms with Gasteiger partial charge in [0.05, 0.1) is 6.26 Å². The molecule has 0 unspecified atom stereocenters. The number of anilines is 1. The number of nitrogens with zero attached hydrogens (tertiary/aromatic N) is 1. The molecule has 0 radical (unpaired) electrons.